The third-order valence-electron chi connectivity index (χ3n) is 3.25. The number of unbranched alkanes of at least 4 members (excludes halogenated alkanes) is 1. The zero-order valence-electron chi connectivity index (χ0n) is 11.2. The third kappa shape index (κ3) is 5.22. The van der Waals surface area contributed by atoms with Crippen LogP contribution >= 0.6 is 15.9 Å². The van der Waals surface area contributed by atoms with E-state index in [9.17, 15) is 0 Å². The second kappa shape index (κ2) is 7.88. The molecule has 0 spiro atoms. The van der Waals surface area contributed by atoms with Gasteiger partial charge in [-0.2, -0.15) is 0 Å². The van der Waals surface area contributed by atoms with Crippen molar-refractivity contribution in [3.63, 3.8) is 0 Å². The maximum atomic E-state index is 3.72. The Morgan fingerprint density at radius 2 is 1.82 bits per heavy atom. The predicted octanol–water partition coefficient (Wildman–Crippen LogP) is 5.07. The number of nitrogens with one attached hydrogen (secondary N) is 1. The molecule has 2 atom stereocenters. The molecule has 0 aromatic heterocycles. The van der Waals surface area contributed by atoms with E-state index in [2.05, 4.69) is 66.3 Å². The highest BCUT2D eigenvalue weighted by Gasteiger charge is 2.11. The highest BCUT2D eigenvalue weighted by atomic mass is 79.9. The largest absolute Gasteiger partial charge is 0.307 e. The van der Waals surface area contributed by atoms with Gasteiger partial charge < -0.3 is 5.32 Å². The van der Waals surface area contributed by atoms with Gasteiger partial charge in [0.1, 0.15) is 0 Å². The molecular weight excluding hydrogens is 274 g/mol. The molecule has 0 saturated carbocycles. The van der Waals surface area contributed by atoms with E-state index < -0.39 is 0 Å². The number of rotatable bonds is 7. The Balaban J connectivity index is 2.51. The van der Waals surface area contributed by atoms with Crippen LogP contribution in [0.2, 0.25) is 0 Å². The van der Waals surface area contributed by atoms with Crippen molar-refractivity contribution in [2.75, 3.05) is 0 Å². The summed E-state index contributed by atoms with van der Waals surface area (Å²) in [6, 6.07) is 9.68. The monoisotopic (exact) mass is 297 g/mol. The fourth-order valence-corrected chi connectivity index (χ4v) is 2.32. The Hall–Kier alpha value is -0.340. The van der Waals surface area contributed by atoms with E-state index in [-0.39, 0.29) is 0 Å². The molecule has 0 bridgehead atoms. The predicted molar refractivity (Wildman–Crippen MR) is 79.3 cm³/mol. The van der Waals surface area contributed by atoms with Crippen molar-refractivity contribution in [2.24, 2.45) is 0 Å². The summed E-state index contributed by atoms with van der Waals surface area (Å²) in [6.45, 7) is 6.77. The molecule has 0 aliphatic rings. The minimum absolute atomic E-state index is 0.435. The van der Waals surface area contributed by atoms with Gasteiger partial charge in [0.05, 0.1) is 0 Å². The van der Waals surface area contributed by atoms with E-state index in [0.717, 1.165) is 4.47 Å². The third-order valence-corrected chi connectivity index (χ3v) is 3.78. The lowest BCUT2D eigenvalue weighted by Crippen LogP contribution is -2.30. The SMILES string of the molecule is CCCCC(CC)N[C@H](C)c1ccc(Br)cc1. The van der Waals surface area contributed by atoms with Crippen LogP contribution in [0.1, 0.15) is 58.1 Å². The zero-order chi connectivity index (χ0) is 12.7. The molecule has 0 aliphatic heterocycles. The first-order chi connectivity index (χ1) is 8.17. The van der Waals surface area contributed by atoms with Crippen molar-refractivity contribution >= 4 is 15.9 Å². The Morgan fingerprint density at radius 1 is 1.18 bits per heavy atom. The van der Waals surface area contributed by atoms with Crippen molar-refractivity contribution in [3.05, 3.63) is 34.3 Å². The second-order valence-corrected chi connectivity index (χ2v) is 5.60. The molecule has 0 saturated heterocycles. The maximum absolute atomic E-state index is 3.72. The van der Waals surface area contributed by atoms with Crippen LogP contribution in [0.15, 0.2) is 28.7 Å². The van der Waals surface area contributed by atoms with Gasteiger partial charge in [0.2, 0.25) is 0 Å². The van der Waals surface area contributed by atoms with E-state index in [1.54, 1.807) is 0 Å². The standard InChI is InChI=1S/C15H24BrN/c1-4-6-7-15(5-2)17-12(3)13-8-10-14(16)11-9-13/h8-12,15,17H,4-7H2,1-3H3/t12-,15?/m1/s1. The molecule has 0 radical (unpaired) electrons. The molecule has 0 fully saturated rings. The van der Waals surface area contributed by atoms with Gasteiger partial charge >= 0.3 is 0 Å². The van der Waals surface area contributed by atoms with Crippen LogP contribution < -0.4 is 5.32 Å². The van der Waals surface area contributed by atoms with Gasteiger partial charge in [0.15, 0.2) is 0 Å². The van der Waals surface area contributed by atoms with Crippen molar-refractivity contribution in [3.8, 4) is 0 Å². The van der Waals surface area contributed by atoms with Crippen LogP contribution in [0.5, 0.6) is 0 Å². The summed E-state index contributed by atoms with van der Waals surface area (Å²) in [7, 11) is 0. The van der Waals surface area contributed by atoms with Gasteiger partial charge in [-0.25, -0.2) is 0 Å². The average Bonchev–Trinajstić information content (AvgIpc) is 2.35. The lowest BCUT2D eigenvalue weighted by atomic mass is 10.0. The topological polar surface area (TPSA) is 12.0 Å². The fourth-order valence-electron chi connectivity index (χ4n) is 2.06. The van der Waals surface area contributed by atoms with Crippen LogP contribution in [-0.4, -0.2) is 6.04 Å². The van der Waals surface area contributed by atoms with Crippen LogP contribution in [0.25, 0.3) is 0 Å². The summed E-state index contributed by atoms with van der Waals surface area (Å²) in [5.74, 6) is 0. The van der Waals surface area contributed by atoms with E-state index >= 15 is 0 Å². The minimum Gasteiger partial charge on any atom is -0.307 e. The Kier molecular flexibility index (Phi) is 6.83. The molecule has 17 heavy (non-hydrogen) atoms. The Labute approximate surface area is 114 Å². The average molecular weight is 298 g/mol. The van der Waals surface area contributed by atoms with E-state index in [1.165, 1.54) is 31.2 Å². The normalized spacial score (nSPS) is 14.6. The molecule has 96 valence electrons. The Bertz CT molecular complexity index is 307. The van der Waals surface area contributed by atoms with Gasteiger partial charge in [-0.3, -0.25) is 0 Å². The summed E-state index contributed by atoms with van der Waals surface area (Å²) in [5, 5.41) is 3.72. The molecule has 0 aliphatic carbocycles. The minimum atomic E-state index is 0.435. The highest BCUT2D eigenvalue weighted by Crippen LogP contribution is 2.18. The molecule has 1 nitrogen and oxygen atoms in total. The summed E-state index contributed by atoms with van der Waals surface area (Å²) in [5.41, 5.74) is 1.36. The van der Waals surface area contributed by atoms with Gasteiger partial charge in [-0.1, -0.05) is 54.8 Å². The quantitative estimate of drug-likeness (QED) is 0.741. The summed E-state index contributed by atoms with van der Waals surface area (Å²) in [6.07, 6.45) is 5.10. The van der Waals surface area contributed by atoms with Gasteiger partial charge in [0.25, 0.3) is 0 Å². The summed E-state index contributed by atoms with van der Waals surface area (Å²) in [4.78, 5) is 0. The molecule has 0 amide bonds. The molecule has 1 unspecified atom stereocenters. The van der Waals surface area contributed by atoms with Crippen LogP contribution in [0, 0.1) is 0 Å². The molecule has 1 N–H and O–H groups in total. The molecule has 1 aromatic carbocycles. The Morgan fingerprint density at radius 3 is 2.35 bits per heavy atom. The molecule has 1 aromatic rings. The van der Waals surface area contributed by atoms with E-state index in [4.69, 9.17) is 0 Å². The second-order valence-electron chi connectivity index (χ2n) is 4.69. The van der Waals surface area contributed by atoms with E-state index in [0.29, 0.717) is 12.1 Å². The summed E-state index contributed by atoms with van der Waals surface area (Å²) < 4.78 is 1.14. The van der Waals surface area contributed by atoms with Gasteiger partial charge in [0, 0.05) is 16.6 Å². The van der Waals surface area contributed by atoms with Crippen molar-refractivity contribution in [1.82, 2.24) is 5.32 Å². The van der Waals surface area contributed by atoms with Crippen molar-refractivity contribution in [2.45, 2.75) is 58.5 Å². The molecule has 1 rings (SSSR count). The number of hydrogen-bond acceptors (Lipinski definition) is 1. The lowest BCUT2D eigenvalue weighted by molar-refractivity contribution is 0.410. The zero-order valence-corrected chi connectivity index (χ0v) is 12.8. The van der Waals surface area contributed by atoms with Crippen LogP contribution in [0.3, 0.4) is 0 Å². The highest BCUT2D eigenvalue weighted by molar-refractivity contribution is 9.10. The van der Waals surface area contributed by atoms with Gasteiger partial charge in [-0.05, 0) is 37.5 Å². The summed E-state index contributed by atoms with van der Waals surface area (Å²) >= 11 is 3.47. The van der Waals surface area contributed by atoms with Crippen LogP contribution in [0.4, 0.5) is 0 Å². The lowest BCUT2D eigenvalue weighted by Gasteiger charge is -2.22. The molecule has 0 heterocycles. The number of hydrogen-bond donors (Lipinski definition) is 1. The first-order valence-electron chi connectivity index (χ1n) is 6.68. The van der Waals surface area contributed by atoms with Gasteiger partial charge in [-0.15, -0.1) is 0 Å². The first kappa shape index (κ1) is 14.7. The van der Waals surface area contributed by atoms with Crippen molar-refractivity contribution in [1.29, 1.82) is 0 Å². The fraction of sp³-hybridized carbons (Fsp3) is 0.600. The maximum Gasteiger partial charge on any atom is 0.0294 e. The smallest absolute Gasteiger partial charge is 0.0294 e. The van der Waals surface area contributed by atoms with Crippen LogP contribution in [-0.2, 0) is 0 Å². The molecular formula is C15H24BrN. The number of benzene rings is 1. The number of halogens is 1. The van der Waals surface area contributed by atoms with Crippen molar-refractivity contribution < 1.29 is 0 Å². The molecule has 2 heteroatoms. The first-order valence-corrected chi connectivity index (χ1v) is 7.48. The van der Waals surface area contributed by atoms with E-state index in [1.807, 2.05) is 0 Å².